The first-order chi connectivity index (χ1) is 13.2. The van der Waals surface area contributed by atoms with Gasteiger partial charge in [-0.25, -0.2) is 0 Å². The molecule has 0 aliphatic heterocycles. The molecule has 152 valence electrons. The normalized spacial score (nSPS) is 13.5. The van der Waals surface area contributed by atoms with Crippen molar-refractivity contribution in [2.45, 2.75) is 47.1 Å². The first-order valence-corrected chi connectivity index (χ1v) is 10.1. The van der Waals surface area contributed by atoms with Gasteiger partial charge in [0.15, 0.2) is 0 Å². The lowest BCUT2D eigenvalue weighted by atomic mass is 9.92. The molecule has 0 saturated carbocycles. The standard InChI is InChI=1S/C20H28N4O3S/c1-7-12(2)15(21-18(26)20(3,4)5)16(25)22-19-24-23-17(28-19)13-9-8-10-14(11-13)27-6/h8-12,15H,7H2,1-6H3,(H,21,26)(H,22,24,25). The largest absolute Gasteiger partial charge is 0.497 e. The van der Waals surface area contributed by atoms with Gasteiger partial charge >= 0.3 is 0 Å². The average molecular weight is 405 g/mol. The Morgan fingerprint density at radius 3 is 2.57 bits per heavy atom. The average Bonchev–Trinajstić information content (AvgIpc) is 3.12. The number of carbonyl (C=O) groups is 2. The Morgan fingerprint density at radius 1 is 1.25 bits per heavy atom. The van der Waals surface area contributed by atoms with Crippen LogP contribution in [0.25, 0.3) is 10.6 Å². The van der Waals surface area contributed by atoms with E-state index in [1.54, 1.807) is 7.11 Å². The molecule has 0 bridgehead atoms. The van der Waals surface area contributed by atoms with E-state index in [9.17, 15) is 9.59 Å². The Bertz CT molecular complexity index is 829. The molecular weight excluding hydrogens is 376 g/mol. The van der Waals surface area contributed by atoms with Crippen molar-refractivity contribution >= 4 is 28.3 Å². The highest BCUT2D eigenvalue weighted by Crippen LogP contribution is 2.29. The second-order valence-corrected chi connectivity index (χ2v) is 8.70. The molecule has 2 N–H and O–H groups in total. The number of carbonyl (C=O) groups excluding carboxylic acids is 2. The first kappa shape index (κ1) is 21.8. The van der Waals surface area contributed by atoms with Gasteiger partial charge in [-0.1, -0.05) is 64.5 Å². The van der Waals surface area contributed by atoms with Crippen molar-refractivity contribution in [2.75, 3.05) is 12.4 Å². The molecule has 0 radical (unpaired) electrons. The summed E-state index contributed by atoms with van der Waals surface area (Å²) in [6.07, 6.45) is 0.758. The summed E-state index contributed by atoms with van der Waals surface area (Å²) in [4.78, 5) is 25.2. The van der Waals surface area contributed by atoms with E-state index in [1.165, 1.54) is 11.3 Å². The van der Waals surface area contributed by atoms with Gasteiger partial charge in [0.25, 0.3) is 0 Å². The Hall–Kier alpha value is -2.48. The monoisotopic (exact) mass is 404 g/mol. The summed E-state index contributed by atoms with van der Waals surface area (Å²) in [5.74, 6) is 0.250. The number of ether oxygens (including phenoxy) is 1. The van der Waals surface area contributed by atoms with Gasteiger partial charge in [-0.05, 0) is 18.1 Å². The van der Waals surface area contributed by atoms with E-state index < -0.39 is 11.5 Å². The van der Waals surface area contributed by atoms with Crippen LogP contribution in [-0.4, -0.2) is 35.2 Å². The van der Waals surface area contributed by atoms with Crippen LogP contribution in [0.4, 0.5) is 5.13 Å². The summed E-state index contributed by atoms with van der Waals surface area (Å²) in [6, 6.07) is 6.84. The molecule has 0 spiro atoms. The second kappa shape index (κ2) is 9.14. The fraction of sp³-hybridized carbons (Fsp3) is 0.500. The van der Waals surface area contributed by atoms with E-state index in [-0.39, 0.29) is 17.7 Å². The number of methoxy groups -OCH3 is 1. The predicted octanol–water partition coefficient (Wildman–Crippen LogP) is 3.73. The number of nitrogens with zero attached hydrogens (tertiary/aromatic N) is 2. The van der Waals surface area contributed by atoms with Gasteiger partial charge in [-0.15, -0.1) is 10.2 Å². The number of benzene rings is 1. The maximum absolute atomic E-state index is 12.8. The van der Waals surface area contributed by atoms with Gasteiger partial charge in [-0.2, -0.15) is 0 Å². The molecule has 0 aliphatic carbocycles. The van der Waals surface area contributed by atoms with E-state index in [1.807, 2.05) is 58.9 Å². The molecule has 8 heteroatoms. The van der Waals surface area contributed by atoms with Crippen LogP contribution in [0.15, 0.2) is 24.3 Å². The van der Waals surface area contributed by atoms with Gasteiger partial charge in [0.1, 0.15) is 16.8 Å². The summed E-state index contributed by atoms with van der Waals surface area (Å²) in [5, 5.41) is 14.9. The first-order valence-electron chi connectivity index (χ1n) is 9.25. The predicted molar refractivity (Wildman–Crippen MR) is 111 cm³/mol. The highest BCUT2D eigenvalue weighted by atomic mass is 32.1. The fourth-order valence-electron chi connectivity index (χ4n) is 2.39. The zero-order valence-corrected chi connectivity index (χ0v) is 18.0. The third kappa shape index (κ3) is 5.51. The van der Waals surface area contributed by atoms with E-state index in [0.717, 1.165) is 17.7 Å². The molecule has 1 aromatic carbocycles. The number of hydrogen-bond acceptors (Lipinski definition) is 6. The van der Waals surface area contributed by atoms with Crippen molar-refractivity contribution in [3.05, 3.63) is 24.3 Å². The molecule has 28 heavy (non-hydrogen) atoms. The van der Waals surface area contributed by atoms with Gasteiger partial charge in [-0.3, -0.25) is 14.9 Å². The minimum absolute atomic E-state index is 0.0166. The maximum atomic E-state index is 12.8. The quantitative estimate of drug-likeness (QED) is 0.733. The number of amides is 2. The van der Waals surface area contributed by atoms with Crippen molar-refractivity contribution in [1.29, 1.82) is 0 Å². The van der Waals surface area contributed by atoms with Crippen LogP contribution in [0.1, 0.15) is 41.0 Å². The lowest BCUT2D eigenvalue weighted by molar-refractivity contribution is -0.132. The number of nitrogens with one attached hydrogen (secondary N) is 2. The van der Waals surface area contributed by atoms with Crippen LogP contribution in [0, 0.1) is 11.3 Å². The molecule has 0 fully saturated rings. The maximum Gasteiger partial charge on any atom is 0.249 e. The van der Waals surface area contributed by atoms with Gasteiger partial charge < -0.3 is 10.1 Å². The molecule has 0 saturated heterocycles. The zero-order valence-electron chi connectivity index (χ0n) is 17.2. The molecule has 0 aliphatic rings. The Balaban J connectivity index is 2.15. The fourth-order valence-corrected chi connectivity index (χ4v) is 3.13. The van der Waals surface area contributed by atoms with Crippen molar-refractivity contribution in [3.8, 4) is 16.3 Å². The molecule has 2 rings (SSSR count). The molecule has 2 unspecified atom stereocenters. The van der Waals surface area contributed by atoms with E-state index >= 15 is 0 Å². The summed E-state index contributed by atoms with van der Waals surface area (Å²) in [7, 11) is 1.60. The van der Waals surface area contributed by atoms with E-state index in [4.69, 9.17) is 4.74 Å². The zero-order chi connectivity index (χ0) is 20.9. The van der Waals surface area contributed by atoms with Crippen molar-refractivity contribution < 1.29 is 14.3 Å². The molecule has 2 amide bonds. The third-order valence-electron chi connectivity index (χ3n) is 4.44. The molecular formula is C20H28N4O3S. The van der Waals surface area contributed by atoms with Crippen LogP contribution in [-0.2, 0) is 9.59 Å². The van der Waals surface area contributed by atoms with Crippen LogP contribution < -0.4 is 15.4 Å². The minimum atomic E-state index is -0.638. The smallest absolute Gasteiger partial charge is 0.249 e. The van der Waals surface area contributed by atoms with Gasteiger partial charge in [0.2, 0.25) is 16.9 Å². The SMILES string of the molecule is CCC(C)C(NC(=O)C(C)(C)C)C(=O)Nc1nnc(-c2cccc(OC)c2)s1. The highest BCUT2D eigenvalue weighted by Gasteiger charge is 2.31. The van der Waals surface area contributed by atoms with E-state index in [2.05, 4.69) is 20.8 Å². The van der Waals surface area contributed by atoms with Crippen LogP contribution in [0.2, 0.25) is 0 Å². The van der Waals surface area contributed by atoms with Crippen LogP contribution in [0.5, 0.6) is 5.75 Å². The third-order valence-corrected chi connectivity index (χ3v) is 5.32. The van der Waals surface area contributed by atoms with Gasteiger partial charge in [0, 0.05) is 11.0 Å². The molecule has 7 nitrogen and oxygen atoms in total. The summed E-state index contributed by atoms with van der Waals surface area (Å²) < 4.78 is 5.23. The Morgan fingerprint density at radius 2 is 1.96 bits per heavy atom. The number of hydrogen-bond donors (Lipinski definition) is 2. The number of anilines is 1. The molecule has 1 heterocycles. The lowest BCUT2D eigenvalue weighted by Gasteiger charge is -2.27. The van der Waals surface area contributed by atoms with Crippen LogP contribution >= 0.6 is 11.3 Å². The second-order valence-electron chi connectivity index (χ2n) is 7.72. The van der Waals surface area contributed by atoms with Crippen molar-refractivity contribution in [3.63, 3.8) is 0 Å². The summed E-state index contributed by atoms with van der Waals surface area (Å²) >= 11 is 1.27. The molecule has 1 aromatic heterocycles. The minimum Gasteiger partial charge on any atom is -0.497 e. The van der Waals surface area contributed by atoms with Crippen LogP contribution in [0.3, 0.4) is 0 Å². The summed E-state index contributed by atoms with van der Waals surface area (Å²) in [6.45, 7) is 9.38. The molecule has 2 aromatic rings. The Labute approximate surface area is 169 Å². The number of rotatable bonds is 7. The highest BCUT2D eigenvalue weighted by molar-refractivity contribution is 7.18. The number of aromatic nitrogens is 2. The summed E-state index contributed by atoms with van der Waals surface area (Å²) in [5.41, 5.74) is 0.283. The van der Waals surface area contributed by atoms with Gasteiger partial charge in [0.05, 0.1) is 7.11 Å². The lowest BCUT2D eigenvalue weighted by Crippen LogP contribution is -2.50. The Kier molecular flexibility index (Phi) is 7.12. The van der Waals surface area contributed by atoms with Crippen molar-refractivity contribution in [1.82, 2.24) is 15.5 Å². The molecule has 2 atom stereocenters. The van der Waals surface area contributed by atoms with Crippen molar-refractivity contribution in [2.24, 2.45) is 11.3 Å². The van der Waals surface area contributed by atoms with E-state index in [0.29, 0.717) is 10.1 Å². The topological polar surface area (TPSA) is 93.2 Å².